The molecule has 0 atom stereocenters. The Labute approximate surface area is 204 Å². The average molecular weight is 494 g/mol. The van der Waals surface area contributed by atoms with Crippen LogP contribution >= 0.6 is 11.6 Å². The molecule has 3 aromatic heterocycles. The second kappa shape index (κ2) is 7.52. The molecule has 0 spiro atoms. The number of aromatic amines is 1. The number of fused-ring (bicyclic) bond motifs is 6. The number of aryl methyl sites for hydroxylation is 1. The predicted octanol–water partition coefficient (Wildman–Crippen LogP) is 3.60. The maximum atomic E-state index is 16.0. The number of halogens is 2. The minimum Gasteiger partial charge on any atom is -0.435 e. The van der Waals surface area contributed by atoms with Gasteiger partial charge >= 0.3 is 0 Å². The van der Waals surface area contributed by atoms with Crippen LogP contribution in [-0.4, -0.2) is 50.8 Å². The van der Waals surface area contributed by atoms with Gasteiger partial charge in [0.2, 0.25) is 0 Å². The van der Waals surface area contributed by atoms with E-state index in [0.717, 1.165) is 29.7 Å². The van der Waals surface area contributed by atoms with Gasteiger partial charge in [0.15, 0.2) is 5.82 Å². The van der Waals surface area contributed by atoms with Crippen molar-refractivity contribution in [1.29, 1.82) is 0 Å². The summed E-state index contributed by atoms with van der Waals surface area (Å²) in [7, 11) is 0. The highest BCUT2D eigenvalue weighted by molar-refractivity contribution is 6.29. The second-order valence-corrected chi connectivity index (χ2v) is 9.85. The second-order valence-electron chi connectivity index (χ2n) is 9.46. The van der Waals surface area contributed by atoms with Gasteiger partial charge in [0.1, 0.15) is 16.5 Å². The van der Waals surface area contributed by atoms with E-state index in [-0.39, 0.29) is 34.6 Å². The molecular formula is C25H21ClFN5O3. The Bertz CT molecular complexity index is 1450. The molecule has 0 unspecified atom stereocenters. The molecule has 5 heterocycles. The van der Waals surface area contributed by atoms with E-state index in [1.165, 1.54) is 6.07 Å². The van der Waals surface area contributed by atoms with Gasteiger partial charge in [-0.25, -0.2) is 14.4 Å². The van der Waals surface area contributed by atoms with Crippen LogP contribution in [0.1, 0.15) is 56.1 Å². The normalized spacial score (nSPS) is 18.4. The van der Waals surface area contributed by atoms with Crippen molar-refractivity contribution in [2.75, 3.05) is 13.1 Å². The monoisotopic (exact) mass is 493 g/mol. The van der Waals surface area contributed by atoms with Crippen molar-refractivity contribution in [3.8, 4) is 22.9 Å². The first-order chi connectivity index (χ1) is 17.0. The molecule has 0 radical (unpaired) electrons. The summed E-state index contributed by atoms with van der Waals surface area (Å²) in [4.78, 5) is 39.4. The van der Waals surface area contributed by atoms with Gasteiger partial charge in [0.25, 0.3) is 17.7 Å². The zero-order chi connectivity index (χ0) is 23.8. The molecule has 0 bridgehead atoms. The molecule has 178 valence electrons. The predicted molar refractivity (Wildman–Crippen MR) is 125 cm³/mol. The third-order valence-corrected chi connectivity index (χ3v) is 7.51. The lowest BCUT2D eigenvalue weighted by molar-refractivity contribution is 0.0721. The summed E-state index contributed by atoms with van der Waals surface area (Å²) < 4.78 is 21.9. The molecule has 0 saturated heterocycles. The summed E-state index contributed by atoms with van der Waals surface area (Å²) in [5.41, 5.74) is 4.84. The summed E-state index contributed by atoms with van der Waals surface area (Å²) in [5, 5.41) is 3.04. The van der Waals surface area contributed by atoms with Crippen molar-refractivity contribution in [3.63, 3.8) is 0 Å². The van der Waals surface area contributed by atoms with E-state index in [1.54, 1.807) is 6.20 Å². The van der Waals surface area contributed by atoms with E-state index >= 15 is 4.39 Å². The first-order valence-corrected chi connectivity index (χ1v) is 12.2. The Morgan fingerprint density at radius 1 is 1.11 bits per heavy atom. The van der Waals surface area contributed by atoms with E-state index in [0.29, 0.717) is 66.9 Å². The molecule has 2 N–H and O–H groups in total. The van der Waals surface area contributed by atoms with E-state index in [2.05, 4.69) is 20.3 Å². The summed E-state index contributed by atoms with van der Waals surface area (Å²) in [6, 6.07) is 1.69. The number of H-pyrrole nitrogens is 1. The van der Waals surface area contributed by atoms with E-state index in [9.17, 15) is 9.59 Å². The molecule has 8 nitrogen and oxygen atoms in total. The standard InChI is InChI=1S/C25H21ClFN5O3/c26-17-9-16(20-15(30-17)6-8-32(25(20)34)12-2-3-12)35-24-21(27)18-11(10-29-24)1-4-13-19-14(31-22(13)18)5-7-28-23(19)33/h9-10,12,31H,1-8H2,(H,28,33). The Hall–Kier alpha value is -3.46. The van der Waals surface area contributed by atoms with Crippen molar-refractivity contribution in [1.82, 2.24) is 25.2 Å². The van der Waals surface area contributed by atoms with Crippen LogP contribution in [0.5, 0.6) is 11.6 Å². The number of nitrogens with zero attached hydrogens (tertiary/aromatic N) is 3. The first-order valence-electron chi connectivity index (χ1n) is 11.9. The summed E-state index contributed by atoms with van der Waals surface area (Å²) in [6.45, 7) is 1.13. The fourth-order valence-corrected chi connectivity index (χ4v) is 5.75. The number of amides is 2. The van der Waals surface area contributed by atoms with Crippen molar-refractivity contribution < 1.29 is 18.7 Å². The Kier molecular flexibility index (Phi) is 4.48. The number of carbonyl (C=O) groups is 2. The molecule has 35 heavy (non-hydrogen) atoms. The molecule has 3 aromatic rings. The van der Waals surface area contributed by atoms with E-state index < -0.39 is 5.82 Å². The SMILES string of the molecule is O=C1NCCc2[nH]c3c(c21)CCc1cnc(Oc2cc(Cl)nc4c2C(=O)N(C2CC2)CC4)c(F)c1-3. The molecule has 10 heteroatoms. The van der Waals surface area contributed by atoms with Crippen LogP contribution in [0.3, 0.4) is 0 Å². The number of hydrogen-bond acceptors (Lipinski definition) is 5. The van der Waals surface area contributed by atoms with Gasteiger partial charge < -0.3 is 19.9 Å². The average Bonchev–Trinajstić information content (AvgIpc) is 3.60. The van der Waals surface area contributed by atoms with Gasteiger partial charge in [0.05, 0.1) is 17.0 Å². The van der Waals surface area contributed by atoms with Crippen molar-refractivity contribution in [3.05, 3.63) is 56.9 Å². The number of nitrogens with one attached hydrogen (secondary N) is 2. The fraction of sp³-hybridized carbons (Fsp3) is 0.360. The van der Waals surface area contributed by atoms with Crippen LogP contribution in [0.15, 0.2) is 12.3 Å². The van der Waals surface area contributed by atoms with Crippen molar-refractivity contribution in [2.24, 2.45) is 0 Å². The molecule has 1 saturated carbocycles. The Morgan fingerprint density at radius 3 is 2.80 bits per heavy atom. The van der Waals surface area contributed by atoms with Gasteiger partial charge in [-0.15, -0.1) is 0 Å². The number of ether oxygens (including phenoxy) is 1. The molecule has 2 amide bonds. The molecular weight excluding hydrogens is 473 g/mol. The summed E-state index contributed by atoms with van der Waals surface area (Å²) >= 11 is 6.23. The Balaban J connectivity index is 1.32. The number of pyridine rings is 2. The maximum absolute atomic E-state index is 16.0. The third kappa shape index (κ3) is 3.17. The van der Waals surface area contributed by atoms with E-state index in [4.69, 9.17) is 16.3 Å². The van der Waals surface area contributed by atoms with Crippen molar-refractivity contribution in [2.45, 2.75) is 44.6 Å². The number of rotatable bonds is 3. The minimum atomic E-state index is -0.633. The Morgan fingerprint density at radius 2 is 1.97 bits per heavy atom. The van der Waals surface area contributed by atoms with E-state index in [1.807, 2.05) is 4.90 Å². The quantitative estimate of drug-likeness (QED) is 0.543. The summed E-state index contributed by atoms with van der Waals surface area (Å²) in [5.74, 6) is -1.02. The molecule has 4 aliphatic rings. The third-order valence-electron chi connectivity index (χ3n) is 7.31. The molecule has 0 aromatic carbocycles. The van der Waals surface area contributed by atoms with Gasteiger partial charge in [-0.2, -0.15) is 0 Å². The number of carbonyl (C=O) groups excluding carboxylic acids is 2. The highest BCUT2D eigenvalue weighted by Gasteiger charge is 2.39. The van der Waals surface area contributed by atoms with Gasteiger partial charge in [-0.3, -0.25) is 9.59 Å². The van der Waals surface area contributed by atoms with Gasteiger partial charge in [-0.05, 0) is 36.8 Å². The van der Waals surface area contributed by atoms with Crippen LogP contribution in [0.4, 0.5) is 4.39 Å². The summed E-state index contributed by atoms with van der Waals surface area (Å²) in [6.07, 6.45) is 6.00. The molecule has 1 fully saturated rings. The highest BCUT2D eigenvalue weighted by Crippen LogP contribution is 2.42. The zero-order valence-corrected chi connectivity index (χ0v) is 19.5. The van der Waals surface area contributed by atoms with Gasteiger partial charge in [-0.1, -0.05) is 11.6 Å². The zero-order valence-electron chi connectivity index (χ0n) is 18.7. The van der Waals surface area contributed by atoms with Crippen LogP contribution in [0.2, 0.25) is 5.15 Å². The maximum Gasteiger partial charge on any atom is 0.259 e. The molecule has 7 rings (SSSR count). The van der Waals surface area contributed by atoms with Crippen molar-refractivity contribution >= 4 is 23.4 Å². The topological polar surface area (TPSA) is 100 Å². The van der Waals surface area contributed by atoms with Crippen LogP contribution in [0, 0.1) is 5.82 Å². The minimum absolute atomic E-state index is 0.130. The van der Waals surface area contributed by atoms with Gasteiger partial charge in [0, 0.05) is 55.5 Å². The largest absolute Gasteiger partial charge is 0.435 e. The number of aromatic nitrogens is 3. The lowest BCUT2D eigenvalue weighted by atomic mass is 9.88. The molecule has 2 aliphatic heterocycles. The smallest absolute Gasteiger partial charge is 0.259 e. The first kappa shape index (κ1) is 20.9. The number of hydrogen-bond donors (Lipinski definition) is 2. The van der Waals surface area contributed by atoms with Crippen LogP contribution in [-0.2, 0) is 25.7 Å². The van der Waals surface area contributed by atoms with Crippen LogP contribution in [0.25, 0.3) is 11.3 Å². The lowest BCUT2D eigenvalue weighted by Gasteiger charge is -2.29. The lowest BCUT2D eigenvalue weighted by Crippen LogP contribution is -2.39. The fourth-order valence-electron chi connectivity index (χ4n) is 5.55. The van der Waals surface area contributed by atoms with Crippen LogP contribution < -0.4 is 10.1 Å². The highest BCUT2D eigenvalue weighted by atomic mass is 35.5. The molecule has 2 aliphatic carbocycles.